The minimum Gasteiger partial charge on any atom is -0.481 e. The summed E-state index contributed by atoms with van der Waals surface area (Å²) in [5.41, 5.74) is 10.7. The number of aryl methyl sites for hydroxylation is 2. The van der Waals surface area contributed by atoms with Gasteiger partial charge in [0.25, 0.3) is 0 Å². The number of benzene rings is 4. The maximum atomic E-state index is 13.1. The number of hydrogen-bond donors (Lipinski definition) is 0. The molecule has 0 aromatic heterocycles. The molecule has 0 fully saturated rings. The Labute approximate surface area is 422 Å². The number of carbonyl (C=O) groups excluding carboxylic acids is 4. The summed E-state index contributed by atoms with van der Waals surface area (Å²) in [6.07, 6.45) is 8.88. The highest BCUT2D eigenvalue weighted by atomic mass is 16.6. The van der Waals surface area contributed by atoms with E-state index in [1.165, 1.54) is 19.3 Å². The highest BCUT2D eigenvalue weighted by molar-refractivity contribution is 5.73. The fourth-order valence-corrected chi connectivity index (χ4v) is 9.19. The number of hydrogen-bond acceptors (Lipinski definition) is 12. The molecule has 0 radical (unpaired) electrons. The smallest absolute Gasteiger partial charge is 0.344 e. The van der Waals surface area contributed by atoms with Crippen LogP contribution in [-0.4, -0.2) is 76.7 Å². The lowest BCUT2D eigenvalue weighted by atomic mass is 9.86. The second kappa shape index (κ2) is 28.1. The maximum absolute atomic E-state index is 13.1. The Morgan fingerprint density at radius 3 is 0.986 bits per heavy atom. The topological polar surface area (TPSA) is 142 Å². The predicted octanol–water partition coefficient (Wildman–Crippen LogP) is 11.6. The van der Waals surface area contributed by atoms with Crippen LogP contribution in [0.4, 0.5) is 0 Å². The molecule has 4 aromatic carbocycles. The molecule has 0 atom stereocenters. The molecular weight excluding hydrogens is 901 g/mol. The molecule has 1 aliphatic rings. The highest BCUT2D eigenvalue weighted by Crippen LogP contribution is 2.42. The Hall–Kier alpha value is -6.04. The molecule has 12 heteroatoms. The van der Waals surface area contributed by atoms with Crippen LogP contribution in [0.15, 0.2) is 48.5 Å². The number of ether oxygens (including phenoxy) is 8. The molecule has 0 unspecified atom stereocenters. The van der Waals surface area contributed by atoms with Gasteiger partial charge in [-0.15, -0.1) is 0 Å². The van der Waals surface area contributed by atoms with Gasteiger partial charge < -0.3 is 37.9 Å². The van der Waals surface area contributed by atoms with Crippen LogP contribution in [0, 0.1) is 6.92 Å². The van der Waals surface area contributed by atoms with Crippen molar-refractivity contribution in [2.75, 3.05) is 52.9 Å². The number of unbranched alkanes of at least 4 members (excludes halogenated alkanes) is 5. The Morgan fingerprint density at radius 2 is 0.690 bits per heavy atom. The Morgan fingerprint density at radius 1 is 0.408 bits per heavy atom. The zero-order valence-electron chi connectivity index (χ0n) is 44.1. The van der Waals surface area contributed by atoms with E-state index in [0.29, 0.717) is 48.7 Å². The first kappa shape index (κ1) is 55.9. The van der Waals surface area contributed by atoms with Gasteiger partial charge in [-0.05, 0) is 120 Å². The monoisotopic (exact) mass is 979 g/mol. The lowest BCUT2D eigenvalue weighted by Crippen LogP contribution is -2.19. The largest absolute Gasteiger partial charge is 0.481 e. The van der Waals surface area contributed by atoms with Gasteiger partial charge in [0.15, 0.2) is 26.4 Å². The van der Waals surface area contributed by atoms with E-state index < -0.39 is 23.9 Å². The molecule has 8 bridgehead atoms. The summed E-state index contributed by atoms with van der Waals surface area (Å²) in [6, 6.07) is 17.0. The molecule has 0 N–H and O–H groups in total. The van der Waals surface area contributed by atoms with Gasteiger partial charge in [0.2, 0.25) is 0 Å². The zero-order chi connectivity index (χ0) is 51.5. The van der Waals surface area contributed by atoms with Crippen LogP contribution in [0.2, 0.25) is 0 Å². The third-order valence-corrected chi connectivity index (χ3v) is 12.5. The van der Waals surface area contributed by atoms with E-state index in [9.17, 15) is 19.2 Å². The van der Waals surface area contributed by atoms with Gasteiger partial charge in [0, 0.05) is 25.7 Å². The minimum absolute atomic E-state index is 0.102. The van der Waals surface area contributed by atoms with E-state index in [-0.39, 0.29) is 64.7 Å². The summed E-state index contributed by atoms with van der Waals surface area (Å²) in [4.78, 5) is 52.4. The Balaban J connectivity index is 1.90. The van der Waals surface area contributed by atoms with Crippen molar-refractivity contribution in [3.8, 4) is 23.0 Å². The van der Waals surface area contributed by atoms with Crippen LogP contribution in [0.3, 0.4) is 0 Å². The number of rotatable bonds is 25. The molecule has 5 rings (SSSR count). The molecule has 0 aliphatic heterocycles. The first-order valence-electron chi connectivity index (χ1n) is 25.9. The van der Waals surface area contributed by atoms with Gasteiger partial charge in [0.05, 0.1) is 26.4 Å². The molecular formula is C59H78O12. The van der Waals surface area contributed by atoms with Crippen LogP contribution in [0.25, 0.3) is 0 Å². The van der Waals surface area contributed by atoms with E-state index >= 15 is 0 Å². The Kier molecular flexibility index (Phi) is 22.1. The van der Waals surface area contributed by atoms with Crippen molar-refractivity contribution in [3.63, 3.8) is 0 Å². The first-order chi connectivity index (χ1) is 34.2. The average molecular weight is 979 g/mol. The fourth-order valence-electron chi connectivity index (χ4n) is 9.19. The van der Waals surface area contributed by atoms with Gasteiger partial charge in [-0.3, -0.25) is 0 Å². The third kappa shape index (κ3) is 16.5. The molecule has 0 saturated carbocycles. The van der Waals surface area contributed by atoms with E-state index in [1.807, 2.05) is 6.92 Å². The van der Waals surface area contributed by atoms with Crippen molar-refractivity contribution in [1.29, 1.82) is 0 Å². The maximum Gasteiger partial charge on any atom is 0.344 e. The van der Waals surface area contributed by atoms with Crippen LogP contribution >= 0.6 is 0 Å². The molecule has 4 aromatic rings. The Bertz CT molecular complexity index is 2430. The highest BCUT2D eigenvalue weighted by Gasteiger charge is 2.26. The van der Waals surface area contributed by atoms with Crippen molar-refractivity contribution in [3.05, 3.63) is 115 Å². The van der Waals surface area contributed by atoms with Crippen LogP contribution < -0.4 is 18.9 Å². The molecule has 12 nitrogen and oxygen atoms in total. The molecule has 0 heterocycles. The quantitative estimate of drug-likeness (QED) is 0.0312. The molecule has 0 saturated heterocycles. The molecule has 386 valence electrons. The van der Waals surface area contributed by atoms with Crippen molar-refractivity contribution < 1.29 is 57.1 Å². The molecule has 71 heavy (non-hydrogen) atoms. The van der Waals surface area contributed by atoms with Gasteiger partial charge in [-0.2, -0.15) is 0 Å². The predicted molar refractivity (Wildman–Crippen MR) is 275 cm³/mol. The summed E-state index contributed by atoms with van der Waals surface area (Å²) in [5.74, 6) is 0.296. The average Bonchev–Trinajstić information content (AvgIpc) is 3.31. The van der Waals surface area contributed by atoms with Crippen LogP contribution in [0.1, 0.15) is 179 Å². The summed E-state index contributed by atoms with van der Waals surface area (Å²) in [5, 5.41) is 0. The second-order valence-corrected chi connectivity index (χ2v) is 18.9. The summed E-state index contributed by atoms with van der Waals surface area (Å²) >= 11 is 0. The van der Waals surface area contributed by atoms with E-state index in [2.05, 4.69) is 83.1 Å². The van der Waals surface area contributed by atoms with Gasteiger partial charge in [0.1, 0.15) is 23.0 Å². The molecule has 0 amide bonds. The van der Waals surface area contributed by atoms with Crippen molar-refractivity contribution in [2.45, 2.75) is 152 Å². The summed E-state index contributed by atoms with van der Waals surface area (Å²) < 4.78 is 47.9. The lowest BCUT2D eigenvalue weighted by molar-refractivity contribution is -0.146. The number of carbonyl (C=O) groups is 4. The van der Waals surface area contributed by atoms with E-state index in [4.69, 9.17) is 37.9 Å². The third-order valence-electron chi connectivity index (χ3n) is 12.5. The van der Waals surface area contributed by atoms with Crippen molar-refractivity contribution in [2.24, 2.45) is 0 Å². The number of fused-ring (bicyclic) bond motifs is 8. The molecule has 0 spiro atoms. The van der Waals surface area contributed by atoms with E-state index in [1.54, 1.807) is 27.7 Å². The van der Waals surface area contributed by atoms with Gasteiger partial charge in [-0.25, -0.2) is 19.2 Å². The van der Waals surface area contributed by atoms with Gasteiger partial charge in [-0.1, -0.05) is 121 Å². The zero-order valence-corrected chi connectivity index (χ0v) is 44.1. The summed E-state index contributed by atoms with van der Waals surface area (Å²) in [6.45, 7) is 19.4. The second-order valence-electron chi connectivity index (χ2n) is 18.9. The van der Waals surface area contributed by atoms with Crippen molar-refractivity contribution >= 4 is 23.9 Å². The standard InChI is InChI=1S/C59H78O12/c1-11-16-17-18-19-20-21-41-24-46-30-44-22-40(10)23-45(56(44)68-34-52(60)64-12-2)31-48-26-42(38(6)7)28-50(58(48)70-36-54(62)66-14-4)33-51-29-43(39(8)9)27-49(59(51)71-37-55(63)67-15-5)32-47(25-41)57(46)69-35-53(61)65-13-3/h22-29,38-39H,11-21,30-37H2,1-10H3. The normalized spacial score (nSPS) is 12.1. The van der Waals surface area contributed by atoms with Gasteiger partial charge >= 0.3 is 23.9 Å². The number of esters is 4. The molecule has 1 aliphatic carbocycles. The van der Waals surface area contributed by atoms with E-state index in [0.717, 1.165) is 92.4 Å². The lowest BCUT2D eigenvalue weighted by Gasteiger charge is -2.25. The summed E-state index contributed by atoms with van der Waals surface area (Å²) in [7, 11) is 0. The van der Waals surface area contributed by atoms with Crippen molar-refractivity contribution in [1.82, 2.24) is 0 Å². The first-order valence-corrected chi connectivity index (χ1v) is 25.9. The SMILES string of the molecule is CCCCCCCCc1cc2c(OCC(=O)OCC)c(c1)Cc1cc(C(C)C)cc(c1OCC(=O)OCC)Cc1cc(C(C)C)cc(c1OCC(=O)OCC)Cc1cc(C)cc(c1OCC(=O)OCC)C2. The van der Waals surface area contributed by atoms with Crippen LogP contribution in [0.5, 0.6) is 23.0 Å². The minimum atomic E-state index is -0.503. The fraction of sp³-hybridized carbons (Fsp3) is 0.525. The van der Waals surface area contributed by atoms with Crippen LogP contribution in [-0.2, 0) is 70.2 Å².